The number of halogens is 1. The smallest absolute Gasteiger partial charge is 0.407 e. The number of rotatable bonds is 2. The van der Waals surface area contributed by atoms with Crippen molar-refractivity contribution in [1.29, 1.82) is 0 Å². The van der Waals surface area contributed by atoms with E-state index in [1.807, 2.05) is 26.8 Å². The van der Waals surface area contributed by atoms with Crippen LogP contribution in [-0.2, 0) is 4.74 Å². The van der Waals surface area contributed by atoms with Crippen molar-refractivity contribution in [2.45, 2.75) is 38.8 Å². The van der Waals surface area contributed by atoms with Gasteiger partial charge in [0.15, 0.2) is 0 Å². The minimum absolute atomic E-state index is 0.0545. The summed E-state index contributed by atoms with van der Waals surface area (Å²) in [6.45, 7) is 6.53. The molecule has 3 rings (SSSR count). The summed E-state index contributed by atoms with van der Waals surface area (Å²) in [7, 11) is 0. The van der Waals surface area contributed by atoms with Crippen molar-refractivity contribution in [3.63, 3.8) is 0 Å². The lowest BCUT2D eigenvalue weighted by atomic mass is 10.1. The number of benzene rings is 1. The number of amides is 2. The quantitative estimate of drug-likeness (QED) is 0.856. The van der Waals surface area contributed by atoms with Crippen LogP contribution in [0.4, 0.5) is 4.79 Å². The first-order chi connectivity index (χ1) is 11.7. The van der Waals surface area contributed by atoms with Crippen molar-refractivity contribution in [3.05, 3.63) is 35.0 Å². The molecule has 2 N–H and O–H groups in total. The summed E-state index contributed by atoms with van der Waals surface area (Å²) in [5, 5.41) is 4.35. The maximum Gasteiger partial charge on any atom is 0.407 e. The first-order valence-electron chi connectivity index (χ1n) is 8.28. The zero-order valence-corrected chi connectivity index (χ0v) is 15.3. The van der Waals surface area contributed by atoms with Gasteiger partial charge in [-0.2, -0.15) is 0 Å². The molecule has 7 heteroatoms. The Hall–Kier alpha value is -2.21. The number of nitrogens with one attached hydrogen (secondary N) is 2. The van der Waals surface area contributed by atoms with Crippen LogP contribution in [0.25, 0.3) is 10.9 Å². The van der Waals surface area contributed by atoms with E-state index in [-0.39, 0.29) is 11.9 Å². The molecule has 1 aromatic heterocycles. The van der Waals surface area contributed by atoms with E-state index in [0.717, 1.165) is 10.9 Å². The molecular formula is C18H22ClN3O3. The summed E-state index contributed by atoms with van der Waals surface area (Å²) in [6.07, 6.45) is 1.97. The second-order valence-corrected chi connectivity index (χ2v) is 7.69. The molecule has 1 aliphatic rings. The van der Waals surface area contributed by atoms with Crippen LogP contribution in [0.1, 0.15) is 37.6 Å². The van der Waals surface area contributed by atoms with Crippen molar-refractivity contribution in [2.75, 3.05) is 13.1 Å². The second-order valence-electron chi connectivity index (χ2n) is 7.28. The Morgan fingerprint density at radius 2 is 2.12 bits per heavy atom. The molecule has 0 radical (unpaired) electrons. The molecule has 1 aliphatic heterocycles. The number of hydrogen-bond acceptors (Lipinski definition) is 3. The van der Waals surface area contributed by atoms with Gasteiger partial charge in [-0.1, -0.05) is 17.7 Å². The molecule has 1 atom stereocenters. The fraction of sp³-hybridized carbons (Fsp3) is 0.444. The molecule has 6 nitrogen and oxygen atoms in total. The number of aromatic amines is 1. The van der Waals surface area contributed by atoms with Crippen molar-refractivity contribution in [1.82, 2.24) is 15.2 Å². The Balaban J connectivity index is 1.62. The fourth-order valence-electron chi connectivity index (χ4n) is 2.94. The molecule has 25 heavy (non-hydrogen) atoms. The Morgan fingerprint density at radius 3 is 2.84 bits per heavy atom. The minimum Gasteiger partial charge on any atom is -0.444 e. The molecule has 1 unspecified atom stereocenters. The summed E-state index contributed by atoms with van der Waals surface area (Å²) in [6, 6.07) is 5.33. The third kappa shape index (κ3) is 4.07. The number of carbonyl (C=O) groups excluding carboxylic acids is 2. The number of alkyl carbamates (subject to hydrolysis) is 1. The van der Waals surface area contributed by atoms with Gasteiger partial charge in [0.1, 0.15) is 5.60 Å². The molecule has 1 saturated heterocycles. The van der Waals surface area contributed by atoms with E-state index in [2.05, 4.69) is 10.3 Å². The van der Waals surface area contributed by atoms with E-state index in [1.54, 1.807) is 23.2 Å². The molecule has 0 saturated carbocycles. The number of H-pyrrole nitrogens is 1. The van der Waals surface area contributed by atoms with Crippen molar-refractivity contribution in [3.8, 4) is 0 Å². The predicted molar refractivity (Wildman–Crippen MR) is 97.0 cm³/mol. The first kappa shape index (κ1) is 17.6. The third-order valence-electron chi connectivity index (χ3n) is 4.07. The van der Waals surface area contributed by atoms with E-state index in [4.69, 9.17) is 16.3 Å². The van der Waals surface area contributed by atoms with Crippen LogP contribution < -0.4 is 5.32 Å². The number of aromatic nitrogens is 1. The molecule has 0 spiro atoms. The predicted octanol–water partition coefficient (Wildman–Crippen LogP) is 3.56. The highest BCUT2D eigenvalue weighted by Crippen LogP contribution is 2.24. The van der Waals surface area contributed by atoms with Gasteiger partial charge in [-0.25, -0.2) is 4.79 Å². The van der Waals surface area contributed by atoms with Crippen LogP contribution in [0.5, 0.6) is 0 Å². The van der Waals surface area contributed by atoms with Crippen molar-refractivity contribution >= 4 is 34.5 Å². The van der Waals surface area contributed by atoms with Crippen LogP contribution in [0.2, 0.25) is 5.02 Å². The topological polar surface area (TPSA) is 74.4 Å². The maximum atomic E-state index is 12.7. The number of nitrogens with zero attached hydrogens (tertiary/aromatic N) is 1. The average Bonchev–Trinajstić information content (AvgIpc) is 3.11. The van der Waals surface area contributed by atoms with Crippen LogP contribution in [0.3, 0.4) is 0 Å². The Bertz CT molecular complexity index is 809. The normalized spacial score (nSPS) is 17.8. The van der Waals surface area contributed by atoms with Gasteiger partial charge in [0.2, 0.25) is 0 Å². The van der Waals surface area contributed by atoms with Gasteiger partial charge in [-0.05, 0) is 39.3 Å². The third-order valence-corrected chi connectivity index (χ3v) is 4.39. The van der Waals surface area contributed by atoms with Gasteiger partial charge in [0.05, 0.1) is 11.1 Å². The minimum atomic E-state index is -0.537. The highest BCUT2D eigenvalue weighted by atomic mass is 35.5. The van der Waals surface area contributed by atoms with E-state index in [9.17, 15) is 9.59 Å². The molecule has 1 aromatic carbocycles. The zero-order valence-electron chi connectivity index (χ0n) is 14.6. The lowest BCUT2D eigenvalue weighted by Crippen LogP contribution is -2.41. The Morgan fingerprint density at radius 1 is 1.36 bits per heavy atom. The van der Waals surface area contributed by atoms with Gasteiger partial charge in [0, 0.05) is 35.8 Å². The first-order valence-corrected chi connectivity index (χ1v) is 8.66. The van der Waals surface area contributed by atoms with E-state index >= 15 is 0 Å². The SMILES string of the molecule is CC(C)(C)OC(=O)NC1CCN(C(=O)c2ccc3c(Cl)c[nH]c3c2)C1. The van der Waals surface area contributed by atoms with E-state index in [0.29, 0.717) is 30.1 Å². The molecule has 2 amide bonds. The Labute approximate surface area is 151 Å². The molecular weight excluding hydrogens is 342 g/mol. The maximum absolute atomic E-state index is 12.7. The summed E-state index contributed by atoms with van der Waals surface area (Å²) in [5.74, 6) is -0.0545. The Kier molecular flexibility index (Phi) is 4.64. The summed E-state index contributed by atoms with van der Waals surface area (Å²) in [5.41, 5.74) is 0.896. The summed E-state index contributed by atoms with van der Waals surface area (Å²) in [4.78, 5) is 29.3. The van der Waals surface area contributed by atoms with Gasteiger partial charge < -0.3 is 19.9 Å². The number of carbonyl (C=O) groups is 2. The number of hydrogen-bond donors (Lipinski definition) is 2. The van der Waals surface area contributed by atoms with Crippen LogP contribution >= 0.6 is 11.6 Å². The van der Waals surface area contributed by atoms with Crippen molar-refractivity contribution in [2.24, 2.45) is 0 Å². The standard InChI is InChI=1S/C18H22ClN3O3/c1-18(2,3)25-17(24)21-12-6-7-22(10-12)16(23)11-4-5-13-14(19)9-20-15(13)8-11/h4-5,8-9,12,20H,6-7,10H2,1-3H3,(H,21,24). The number of fused-ring (bicyclic) bond motifs is 1. The highest BCUT2D eigenvalue weighted by Gasteiger charge is 2.29. The zero-order chi connectivity index (χ0) is 18.2. The molecule has 1 fully saturated rings. The fourth-order valence-corrected chi connectivity index (χ4v) is 3.16. The lowest BCUT2D eigenvalue weighted by Gasteiger charge is -2.22. The molecule has 134 valence electrons. The monoisotopic (exact) mass is 363 g/mol. The number of ether oxygens (including phenoxy) is 1. The van der Waals surface area contributed by atoms with Gasteiger partial charge in [-0.15, -0.1) is 0 Å². The van der Waals surface area contributed by atoms with Crippen LogP contribution in [0.15, 0.2) is 24.4 Å². The molecule has 0 aliphatic carbocycles. The number of likely N-dealkylation sites (tertiary alicyclic amines) is 1. The van der Waals surface area contributed by atoms with Crippen LogP contribution in [-0.4, -0.2) is 46.6 Å². The summed E-state index contributed by atoms with van der Waals surface area (Å²) >= 11 is 6.07. The second kappa shape index (κ2) is 6.59. The molecule has 2 heterocycles. The van der Waals surface area contributed by atoms with E-state index < -0.39 is 11.7 Å². The van der Waals surface area contributed by atoms with Gasteiger partial charge in [-0.3, -0.25) is 4.79 Å². The molecule has 2 aromatic rings. The van der Waals surface area contributed by atoms with Crippen LogP contribution in [0, 0.1) is 0 Å². The van der Waals surface area contributed by atoms with Crippen molar-refractivity contribution < 1.29 is 14.3 Å². The summed E-state index contributed by atoms with van der Waals surface area (Å²) < 4.78 is 5.26. The lowest BCUT2D eigenvalue weighted by molar-refractivity contribution is 0.0502. The highest BCUT2D eigenvalue weighted by molar-refractivity contribution is 6.35. The van der Waals surface area contributed by atoms with Gasteiger partial charge >= 0.3 is 6.09 Å². The largest absolute Gasteiger partial charge is 0.444 e. The average molecular weight is 364 g/mol. The van der Waals surface area contributed by atoms with Gasteiger partial charge in [0.25, 0.3) is 5.91 Å². The van der Waals surface area contributed by atoms with E-state index in [1.165, 1.54) is 0 Å². The molecule has 0 bridgehead atoms.